The van der Waals surface area contributed by atoms with Crippen LogP contribution in [0.1, 0.15) is 50.2 Å². The summed E-state index contributed by atoms with van der Waals surface area (Å²) in [4.78, 5) is 12.0. The molecule has 2 nitrogen and oxygen atoms in total. The van der Waals surface area contributed by atoms with E-state index in [2.05, 4.69) is 38.1 Å². The van der Waals surface area contributed by atoms with Gasteiger partial charge in [-0.3, -0.25) is 4.79 Å². The van der Waals surface area contributed by atoms with Crippen molar-refractivity contribution in [3.63, 3.8) is 0 Å². The Morgan fingerprint density at radius 2 is 1.88 bits per heavy atom. The molecule has 1 fully saturated rings. The summed E-state index contributed by atoms with van der Waals surface area (Å²) in [7, 11) is 0. The molecule has 1 aliphatic carbocycles. The molecule has 17 heavy (non-hydrogen) atoms. The van der Waals surface area contributed by atoms with Gasteiger partial charge in [0.15, 0.2) is 5.78 Å². The van der Waals surface area contributed by atoms with E-state index in [1.807, 2.05) is 0 Å². The Bertz CT molecular complexity index is 401. The summed E-state index contributed by atoms with van der Waals surface area (Å²) >= 11 is 0. The Labute approximate surface area is 103 Å². The quantitative estimate of drug-likeness (QED) is 0.866. The highest BCUT2D eigenvalue weighted by molar-refractivity contribution is 5.90. The fourth-order valence-corrected chi connectivity index (χ4v) is 2.22. The van der Waals surface area contributed by atoms with Crippen molar-refractivity contribution in [2.75, 3.05) is 0 Å². The van der Waals surface area contributed by atoms with Crippen molar-refractivity contribution in [1.29, 1.82) is 0 Å². The molecule has 0 heterocycles. The van der Waals surface area contributed by atoms with Gasteiger partial charge in [-0.2, -0.15) is 0 Å². The van der Waals surface area contributed by atoms with Crippen molar-refractivity contribution in [2.24, 2.45) is 5.73 Å². The van der Waals surface area contributed by atoms with Crippen LogP contribution >= 0.6 is 0 Å². The summed E-state index contributed by atoms with van der Waals surface area (Å²) in [5, 5.41) is 0. The van der Waals surface area contributed by atoms with Gasteiger partial charge in [0.05, 0.1) is 5.54 Å². The lowest BCUT2D eigenvalue weighted by Gasteiger charge is -2.36. The first-order valence-electron chi connectivity index (χ1n) is 6.42. The molecular formula is C15H21NO. The average molecular weight is 231 g/mol. The lowest BCUT2D eigenvalue weighted by molar-refractivity contribution is -0.126. The first-order valence-corrected chi connectivity index (χ1v) is 6.42. The summed E-state index contributed by atoms with van der Waals surface area (Å²) in [6.07, 6.45) is 3.29. The Hall–Kier alpha value is -1.15. The number of carbonyl (C=O) groups is 1. The number of hydrogen-bond acceptors (Lipinski definition) is 2. The molecule has 0 bridgehead atoms. The maximum atomic E-state index is 12.0. The second kappa shape index (κ2) is 4.61. The van der Waals surface area contributed by atoms with Crippen molar-refractivity contribution in [1.82, 2.24) is 0 Å². The highest BCUT2D eigenvalue weighted by Gasteiger charge is 2.39. The zero-order valence-electron chi connectivity index (χ0n) is 10.7. The van der Waals surface area contributed by atoms with E-state index in [9.17, 15) is 4.79 Å². The molecule has 0 unspecified atom stereocenters. The van der Waals surface area contributed by atoms with Gasteiger partial charge in [-0.1, -0.05) is 38.1 Å². The fraction of sp³-hybridized carbons (Fsp3) is 0.533. The van der Waals surface area contributed by atoms with Crippen LogP contribution in [-0.2, 0) is 11.2 Å². The number of ketones is 1. The third-order valence-electron chi connectivity index (χ3n) is 3.81. The van der Waals surface area contributed by atoms with Crippen molar-refractivity contribution in [2.45, 2.75) is 51.0 Å². The fourth-order valence-electron chi connectivity index (χ4n) is 2.22. The van der Waals surface area contributed by atoms with Gasteiger partial charge < -0.3 is 5.73 Å². The number of carbonyl (C=O) groups excluding carboxylic acids is 1. The standard InChI is InChI=1S/C15H21NO/c1-11(2)13-6-4-12(5-7-13)10-14(17)15(16)8-3-9-15/h4-7,11H,3,8-10,16H2,1-2H3. The normalized spacial score (nSPS) is 17.9. The minimum Gasteiger partial charge on any atom is -0.319 e. The van der Waals surface area contributed by atoms with Crippen LogP contribution in [0.25, 0.3) is 0 Å². The molecule has 0 spiro atoms. The van der Waals surface area contributed by atoms with Crippen LogP contribution in [0.3, 0.4) is 0 Å². The Morgan fingerprint density at radius 1 is 1.29 bits per heavy atom. The zero-order valence-corrected chi connectivity index (χ0v) is 10.7. The topological polar surface area (TPSA) is 43.1 Å². The number of nitrogens with two attached hydrogens (primary N) is 1. The van der Waals surface area contributed by atoms with Crippen molar-refractivity contribution in [3.05, 3.63) is 35.4 Å². The molecule has 2 rings (SSSR count). The van der Waals surface area contributed by atoms with Crippen LogP contribution in [0.5, 0.6) is 0 Å². The van der Waals surface area contributed by atoms with Gasteiger partial charge in [0, 0.05) is 6.42 Å². The van der Waals surface area contributed by atoms with Crippen LogP contribution in [-0.4, -0.2) is 11.3 Å². The maximum absolute atomic E-state index is 12.0. The molecule has 1 aromatic rings. The molecule has 0 radical (unpaired) electrons. The largest absolute Gasteiger partial charge is 0.319 e. The highest BCUT2D eigenvalue weighted by atomic mass is 16.1. The molecule has 92 valence electrons. The molecule has 2 heteroatoms. The van der Waals surface area contributed by atoms with Gasteiger partial charge >= 0.3 is 0 Å². The van der Waals surface area contributed by atoms with Gasteiger partial charge in [0.2, 0.25) is 0 Å². The molecule has 0 saturated heterocycles. The maximum Gasteiger partial charge on any atom is 0.156 e. The van der Waals surface area contributed by atoms with E-state index in [0.717, 1.165) is 24.8 Å². The minimum atomic E-state index is -0.517. The van der Waals surface area contributed by atoms with Crippen LogP contribution in [0.15, 0.2) is 24.3 Å². The van der Waals surface area contributed by atoms with Gasteiger partial charge in [-0.15, -0.1) is 0 Å². The second-order valence-corrected chi connectivity index (χ2v) is 5.51. The van der Waals surface area contributed by atoms with Crippen molar-refractivity contribution in [3.8, 4) is 0 Å². The summed E-state index contributed by atoms with van der Waals surface area (Å²) in [5.41, 5.74) is 7.90. The zero-order chi connectivity index (χ0) is 12.5. The molecule has 0 atom stereocenters. The smallest absolute Gasteiger partial charge is 0.156 e. The molecule has 1 saturated carbocycles. The first-order chi connectivity index (χ1) is 8.01. The predicted molar refractivity (Wildman–Crippen MR) is 70.0 cm³/mol. The number of Topliss-reactive ketones (excluding diaryl/α,β-unsaturated/α-hetero) is 1. The third-order valence-corrected chi connectivity index (χ3v) is 3.81. The molecular weight excluding hydrogens is 210 g/mol. The SMILES string of the molecule is CC(C)c1ccc(CC(=O)C2(N)CCC2)cc1. The van der Waals surface area contributed by atoms with E-state index in [4.69, 9.17) is 5.73 Å². The van der Waals surface area contributed by atoms with Gasteiger partial charge in [-0.05, 0) is 36.3 Å². The molecule has 2 N–H and O–H groups in total. The molecule has 0 amide bonds. The first kappa shape index (κ1) is 12.3. The van der Waals surface area contributed by atoms with Crippen LogP contribution in [0, 0.1) is 0 Å². The van der Waals surface area contributed by atoms with Gasteiger partial charge in [0.1, 0.15) is 0 Å². The number of rotatable bonds is 4. The van der Waals surface area contributed by atoms with Crippen LogP contribution in [0.4, 0.5) is 0 Å². The van der Waals surface area contributed by atoms with E-state index < -0.39 is 5.54 Å². The van der Waals surface area contributed by atoms with Crippen LogP contribution in [0.2, 0.25) is 0 Å². The van der Waals surface area contributed by atoms with Crippen LogP contribution < -0.4 is 5.73 Å². The van der Waals surface area contributed by atoms with Crippen molar-refractivity contribution < 1.29 is 4.79 Å². The van der Waals surface area contributed by atoms with E-state index in [-0.39, 0.29) is 5.78 Å². The average Bonchev–Trinajstić information content (AvgIpc) is 2.26. The lowest BCUT2D eigenvalue weighted by Crippen LogP contribution is -2.54. The summed E-state index contributed by atoms with van der Waals surface area (Å²) in [6.45, 7) is 4.34. The molecule has 1 aromatic carbocycles. The lowest BCUT2D eigenvalue weighted by atomic mass is 9.73. The second-order valence-electron chi connectivity index (χ2n) is 5.51. The highest BCUT2D eigenvalue weighted by Crippen LogP contribution is 2.31. The number of benzene rings is 1. The van der Waals surface area contributed by atoms with E-state index in [1.54, 1.807) is 0 Å². The van der Waals surface area contributed by atoms with Gasteiger partial charge in [-0.25, -0.2) is 0 Å². The summed E-state index contributed by atoms with van der Waals surface area (Å²) in [6, 6.07) is 8.32. The van der Waals surface area contributed by atoms with Crippen molar-refractivity contribution >= 4 is 5.78 Å². The third kappa shape index (κ3) is 2.58. The predicted octanol–water partition coefficient (Wildman–Crippen LogP) is 2.80. The molecule has 0 aromatic heterocycles. The number of hydrogen-bond donors (Lipinski definition) is 1. The van der Waals surface area contributed by atoms with Gasteiger partial charge in [0.25, 0.3) is 0 Å². The Morgan fingerprint density at radius 3 is 2.29 bits per heavy atom. The molecule has 1 aliphatic rings. The van der Waals surface area contributed by atoms with E-state index >= 15 is 0 Å². The molecule has 0 aliphatic heterocycles. The Balaban J connectivity index is 2.01. The summed E-state index contributed by atoms with van der Waals surface area (Å²) < 4.78 is 0. The summed E-state index contributed by atoms with van der Waals surface area (Å²) in [5.74, 6) is 0.730. The van der Waals surface area contributed by atoms with E-state index in [0.29, 0.717) is 12.3 Å². The monoisotopic (exact) mass is 231 g/mol. The van der Waals surface area contributed by atoms with E-state index in [1.165, 1.54) is 5.56 Å². The minimum absolute atomic E-state index is 0.195. The Kier molecular flexibility index (Phi) is 3.34.